The van der Waals surface area contributed by atoms with Gasteiger partial charge in [0.25, 0.3) is 0 Å². The number of carbonyl (C=O) groups excluding carboxylic acids is 2. The minimum atomic E-state index is 0.175. The first kappa shape index (κ1) is 11.8. The van der Waals surface area contributed by atoms with E-state index in [0.29, 0.717) is 24.4 Å². The topological polar surface area (TPSA) is 37.4 Å². The monoisotopic (exact) mass is 223 g/mol. The van der Waals surface area contributed by atoms with Crippen molar-refractivity contribution in [2.45, 2.75) is 38.5 Å². The molecule has 0 aromatic carbocycles. The first-order valence-corrected chi connectivity index (χ1v) is 6.41. The van der Waals surface area contributed by atoms with Gasteiger partial charge >= 0.3 is 0 Å². The summed E-state index contributed by atoms with van der Waals surface area (Å²) >= 11 is 0. The van der Waals surface area contributed by atoms with Crippen LogP contribution in [0.4, 0.5) is 0 Å². The largest absolute Gasteiger partial charge is 0.306 e. The summed E-state index contributed by atoms with van der Waals surface area (Å²) in [5.41, 5.74) is 0. The first-order valence-electron chi connectivity index (χ1n) is 6.41. The van der Waals surface area contributed by atoms with Crippen LogP contribution < -0.4 is 0 Å². The Morgan fingerprint density at radius 1 is 1.19 bits per heavy atom. The zero-order chi connectivity index (χ0) is 11.5. The molecule has 1 atom stereocenters. The van der Waals surface area contributed by atoms with Gasteiger partial charge in [-0.1, -0.05) is 0 Å². The van der Waals surface area contributed by atoms with E-state index in [1.54, 1.807) is 0 Å². The highest BCUT2D eigenvalue weighted by Crippen LogP contribution is 2.28. The van der Waals surface area contributed by atoms with Crippen LogP contribution >= 0.6 is 0 Å². The molecule has 3 nitrogen and oxygen atoms in total. The normalized spacial score (nSPS) is 29.3. The lowest BCUT2D eigenvalue weighted by Gasteiger charge is -2.31. The number of nitrogens with zero attached hydrogens (tertiary/aromatic N) is 1. The third-order valence-electron chi connectivity index (χ3n) is 3.97. The van der Waals surface area contributed by atoms with E-state index in [2.05, 4.69) is 11.9 Å². The fourth-order valence-electron chi connectivity index (χ4n) is 2.96. The fraction of sp³-hybridized carbons (Fsp3) is 0.846. The molecule has 1 saturated carbocycles. The standard InChI is InChI=1S/C13H21NO2/c1-14-8-2-3-11(9-14)13(16)10-4-6-12(15)7-5-10/h10-11H,2-9H2,1H3. The van der Waals surface area contributed by atoms with Gasteiger partial charge in [-0.2, -0.15) is 0 Å². The number of hydrogen-bond acceptors (Lipinski definition) is 3. The Bertz CT molecular complexity index is 278. The number of carbonyl (C=O) groups is 2. The lowest BCUT2D eigenvalue weighted by molar-refractivity contribution is -0.131. The summed E-state index contributed by atoms with van der Waals surface area (Å²) in [5.74, 6) is 1.18. The first-order chi connectivity index (χ1) is 7.66. The summed E-state index contributed by atoms with van der Waals surface area (Å²) in [6, 6.07) is 0. The lowest BCUT2D eigenvalue weighted by atomic mass is 9.79. The van der Waals surface area contributed by atoms with E-state index in [1.807, 2.05) is 0 Å². The van der Waals surface area contributed by atoms with E-state index in [4.69, 9.17) is 0 Å². The molecular weight excluding hydrogens is 202 g/mol. The number of hydrogen-bond donors (Lipinski definition) is 0. The third-order valence-corrected chi connectivity index (χ3v) is 3.97. The molecule has 0 radical (unpaired) electrons. The average Bonchev–Trinajstić information content (AvgIpc) is 2.29. The van der Waals surface area contributed by atoms with Crippen LogP contribution in [0.5, 0.6) is 0 Å². The number of rotatable bonds is 2. The maximum Gasteiger partial charge on any atom is 0.140 e. The van der Waals surface area contributed by atoms with Gasteiger partial charge in [-0.3, -0.25) is 9.59 Å². The van der Waals surface area contributed by atoms with Crippen molar-refractivity contribution < 1.29 is 9.59 Å². The van der Waals surface area contributed by atoms with Crippen LogP contribution in [-0.2, 0) is 9.59 Å². The Kier molecular flexibility index (Phi) is 3.74. The molecule has 1 saturated heterocycles. The second kappa shape index (κ2) is 5.09. The van der Waals surface area contributed by atoms with Gasteiger partial charge in [0.2, 0.25) is 0 Å². The maximum absolute atomic E-state index is 12.3. The second-order valence-corrected chi connectivity index (χ2v) is 5.32. The Balaban J connectivity index is 1.89. The molecule has 2 fully saturated rings. The number of likely N-dealkylation sites (tertiary alicyclic amines) is 1. The fourth-order valence-corrected chi connectivity index (χ4v) is 2.96. The summed E-state index contributed by atoms with van der Waals surface area (Å²) in [6.07, 6.45) is 5.04. The van der Waals surface area contributed by atoms with E-state index < -0.39 is 0 Å². The molecule has 0 aromatic rings. The third kappa shape index (κ3) is 2.70. The van der Waals surface area contributed by atoms with Crippen molar-refractivity contribution >= 4 is 11.6 Å². The van der Waals surface area contributed by atoms with Gasteiger partial charge in [0.15, 0.2) is 0 Å². The summed E-state index contributed by atoms with van der Waals surface area (Å²) < 4.78 is 0. The molecule has 2 rings (SSSR count). The van der Waals surface area contributed by atoms with Crippen LogP contribution in [-0.4, -0.2) is 36.6 Å². The molecular formula is C13H21NO2. The van der Waals surface area contributed by atoms with Crippen molar-refractivity contribution in [3.05, 3.63) is 0 Å². The molecule has 1 unspecified atom stereocenters. The van der Waals surface area contributed by atoms with Crippen molar-refractivity contribution in [1.82, 2.24) is 4.90 Å². The van der Waals surface area contributed by atoms with Crippen molar-refractivity contribution in [3.63, 3.8) is 0 Å². The SMILES string of the molecule is CN1CCCC(C(=O)C2CCC(=O)CC2)C1. The lowest BCUT2D eigenvalue weighted by Crippen LogP contribution is -2.39. The molecule has 1 aliphatic carbocycles. The molecule has 2 aliphatic rings. The van der Waals surface area contributed by atoms with E-state index in [9.17, 15) is 9.59 Å². The number of Topliss-reactive ketones (excluding diaryl/α,β-unsaturated/α-hetero) is 2. The minimum Gasteiger partial charge on any atom is -0.306 e. The van der Waals surface area contributed by atoms with Crippen LogP contribution in [0.1, 0.15) is 38.5 Å². The molecule has 90 valence electrons. The van der Waals surface area contributed by atoms with E-state index in [-0.39, 0.29) is 11.8 Å². The van der Waals surface area contributed by atoms with Gasteiger partial charge in [0.05, 0.1) is 0 Å². The minimum absolute atomic E-state index is 0.175. The number of piperidine rings is 1. The van der Waals surface area contributed by atoms with Crippen molar-refractivity contribution in [3.8, 4) is 0 Å². The zero-order valence-corrected chi connectivity index (χ0v) is 10.1. The molecule has 1 aliphatic heterocycles. The van der Waals surface area contributed by atoms with Gasteiger partial charge in [-0.05, 0) is 39.3 Å². The van der Waals surface area contributed by atoms with Crippen molar-refractivity contribution in [2.75, 3.05) is 20.1 Å². The molecule has 0 bridgehead atoms. The zero-order valence-electron chi connectivity index (χ0n) is 10.1. The molecule has 0 amide bonds. The second-order valence-electron chi connectivity index (χ2n) is 5.32. The molecule has 0 aromatic heterocycles. The predicted molar refractivity (Wildman–Crippen MR) is 62.2 cm³/mol. The smallest absolute Gasteiger partial charge is 0.140 e. The van der Waals surface area contributed by atoms with Gasteiger partial charge in [0.1, 0.15) is 11.6 Å². The van der Waals surface area contributed by atoms with Crippen LogP contribution in [0, 0.1) is 11.8 Å². The molecule has 1 heterocycles. The Morgan fingerprint density at radius 3 is 2.50 bits per heavy atom. The van der Waals surface area contributed by atoms with Gasteiger partial charge in [-0.15, -0.1) is 0 Å². The molecule has 3 heteroatoms. The summed E-state index contributed by atoms with van der Waals surface area (Å²) in [5, 5.41) is 0. The van der Waals surface area contributed by atoms with E-state index in [1.165, 1.54) is 0 Å². The summed E-state index contributed by atoms with van der Waals surface area (Å²) in [7, 11) is 2.09. The quantitative estimate of drug-likeness (QED) is 0.714. The van der Waals surface area contributed by atoms with Gasteiger partial charge in [-0.25, -0.2) is 0 Å². The van der Waals surface area contributed by atoms with Gasteiger partial charge < -0.3 is 4.90 Å². The number of ketones is 2. The Labute approximate surface area is 97.2 Å². The highest BCUT2D eigenvalue weighted by Gasteiger charge is 2.31. The predicted octanol–water partition coefficient (Wildman–Crippen LogP) is 1.66. The Morgan fingerprint density at radius 2 is 1.88 bits per heavy atom. The van der Waals surface area contributed by atoms with E-state index >= 15 is 0 Å². The summed E-state index contributed by atoms with van der Waals surface area (Å²) in [4.78, 5) is 25.7. The van der Waals surface area contributed by atoms with Crippen LogP contribution in [0.2, 0.25) is 0 Å². The van der Waals surface area contributed by atoms with Crippen LogP contribution in [0.25, 0.3) is 0 Å². The molecule has 0 N–H and O–H groups in total. The van der Waals surface area contributed by atoms with Crippen LogP contribution in [0.15, 0.2) is 0 Å². The van der Waals surface area contributed by atoms with Crippen LogP contribution in [0.3, 0.4) is 0 Å². The highest BCUT2D eigenvalue weighted by atomic mass is 16.1. The summed E-state index contributed by atoms with van der Waals surface area (Å²) in [6.45, 7) is 2.04. The molecule has 0 spiro atoms. The van der Waals surface area contributed by atoms with E-state index in [0.717, 1.165) is 38.8 Å². The van der Waals surface area contributed by atoms with Crippen molar-refractivity contribution in [1.29, 1.82) is 0 Å². The highest BCUT2D eigenvalue weighted by molar-refractivity contribution is 5.87. The average molecular weight is 223 g/mol. The van der Waals surface area contributed by atoms with Crippen molar-refractivity contribution in [2.24, 2.45) is 11.8 Å². The Hall–Kier alpha value is -0.700. The van der Waals surface area contributed by atoms with Gasteiger partial charge in [0, 0.05) is 31.2 Å². The maximum atomic E-state index is 12.3. The molecule has 16 heavy (non-hydrogen) atoms.